The molecule has 1 atom stereocenters. The van der Waals surface area contributed by atoms with Crippen LogP contribution in [0, 0.1) is 0 Å². The molecule has 6 nitrogen and oxygen atoms in total. The quantitative estimate of drug-likeness (QED) is 0.793. The Bertz CT molecular complexity index is 786. The topological polar surface area (TPSA) is 91.4 Å². The zero-order valence-corrected chi connectivity index (χ0v) is 11.9. The van der Waals surface area contributed by atoms with Gasteiger partial charge in [0.2, 0.25) is 5.43 Å². The third-order valence-electron chi connectivity index (χ3n) is 3.00. The fourth-order valence-electron chi connectivity index (χ4n) is 1.95. The molecule has 23 heavy (non-hydrogen) atoms. The number of aromatic amines is 1. The summed E-state index contributed by atoms with van der Waals surface area (Å²) in [7, 11) is 0. The van der Waals surface area contributed by atoms with Gasteiger partial charge in [-0.05, 0) is 19.1 Å². The van der Waals surface area contributed by atoms with E-state index < -0.39 is 29.5 Å². The molecule has 0 spiro atoms. The fourth-order valence-corrected chi connectivity index (χ4v) is 1.95. The Morgan fingerprint density at radius 3 is 2.74 bits per heavy atom. The first kappa shape index (κ1) is 16.8. The summed E-state index contributed by atoms with van der Waals surface area (Å²) in [4.78, 5) is 26.7. The van der Waals surface area contributed by atoms with Crippen LogP contribution >= 0.6 is 0 Å². The molecule has 1 heterocycles. The fraction of sp³-hybridized carbons (Fsp3) is 0.286. The van der Waals surface area contributed by atoms with Gasteiger partial charge in [0.1, 0.15) is 5.56 Å². The number of nitrogens with one attached hydrogen (secondary N) is 2. The first-order valence-corrected chi connectivity index (χ1v) is 6.55. The van der Waals surface area contributed by atoms with E-state index in [0.29, 0.717) is 0 Å². The molecule has 0 bridgehead atoms. The average molecular weight is 330 g/mol. The Hall–Kier alpha value is -2.55. The van der Waals surface area contributed by atoms with Crippen molar-refractivity contribution in [1.82, 2.24) is 10.3 Å². The molecule has 2 aromatic rings. The van der Waals surface area contributed by atoms with Crippen LogP contribution in [0.25, 0.3) is 10.9 Å². The lowest BCUT2D eigenvalue weighted by molar-refractivity contribution is -0.274. The van der Waals surface area contributed by atoms with Gasteiger partial charge >= 0.3 is 6.36 Å². The smallest absolute Gasteiger partial charge is 0.404 e. The number of ether oxygens (including phenoxy) is 1. The van der Waals surface area contributed by atoms with Crippen molar-refractivity contribution in [3.8, 4) is 5.75 Å². The number of hydrogen-bond donors (Lipinski definition) is 3. The Kier molecular flexibility index (Phi) is 4.60. The van der Waals surface area contributed by atoms with E-state index in [0.717, 1.165) is 12.3 Å². The molecule has 2 rings (SSSR count). The molecule has 0 aliphatic rings. The van der Waals surface area contributed by atoms with E-state index in [1.807, 2.05) is 0 Å². The number of amides is 1. The summed E-state index contributed by atoms with van der Waals surface area (Å²) in [5.41, 5.74) is -1.18. The lowest BCUT2D eigenvalue weighted by atomic mass is 10.1. The minimum absolute atomic E-state index is 0.115. The molecule has 1 unspecified atom stereocenters. The van der Waals surface area contributed by atoms with E-state index in [4.69, 9.17) is 5.11 Å². The second-order valence-electron chi connectivity index (χ2n) is 4.82. The standard InChI is InChI=1S/C14H13F3N2O4/c1-7(6-20)19-13(22)9-5-18-11-8(12(9)21)3-2-4-10(11)23-14(15,16)17/h2-5,7,20H,6H2,1H3,(H,18,21)(H,19,22). The Balaban J connectivity index is 2.48. The third kappa shape index (κ3) is 3.81. The van der Waals surface area contributed by atoms with Gasteiger partial charge in [0.05, 0.1) is 17.5 Å². The maximum Gasteiger partial charge on any atom is 0.573 e. The number of H-pyrrole nitrogens is 1. The van der Waals surface area contributed by atoms with Crippen molar-refractivity contribution in [3.63, 3.8) is 0 Å². The molecule has 1 amide bonds. The number of para-hydroxylation sites is 1. The van der Waals surface area contributed by atoms with E-state index >= 15 is 0 Å². The van der Waals surface area contributed by atoms with Crippen LogP contribution in [0.5, 0.6) is 5.75 Å². The van der Waals surface area contributed by atoms with Gasteiger partial charge in [-0.15, -0.1) is 13.2 Å². The summed E-state index contributed by atoms with van der Waals surface area (Å²) in [5.74, 6) is -1.31. The zero-order chi connectivity index (χ0) is 17.2. The molecule has 0 aliphatic carbocycles. The number of aromatic nitrogens is 1. The molecular weight excluding hydrogens is 317 g/mol. The van der Waals surface area contributed by atoms with Gasteiger partial charge in [0.15, 0.2) is 5.75 Å². The van der Waals surface area contributed by atoms with E-state index in [1.165, 1.54) is 19.1 Å². The number of alkyl halides is 3. The van der Waals surface area contributed by atoms with Crippen LogP contribution in [0.15, 0.2) is 29.2 Å². The number of fused-ring (bicyclic) bond motifs is 1. The normalized spacial score (nSPS) is 12.9. The molecule has 0 aliphatic heterocycles. The van der Waals surface area contributed by atoms with E-state index in [9.17, 15) is 22.8 Å². The molecule has 0 saturated heterocycles. The number of hydrogen-bond acceptors (Lipinski definition) is 4. The molecule has 1 aromatic carbocycles. The summed E-state index contributed by atoms with van der Waals surface area (Å²) in [6, 6.07) is 2.98. The molecular formula is C14H13F3N2O4. The van der Waals surface area contributed by atoms with Crippen LogP contribution in [0.1, 0.15) is 17.3 Å². The van der Waals surface area contributed by atoms with Crippen molar-refractivity contribution in [2.75, 3.05) is 6.61 Å². The Morgan fingerprint density at radius 2 is 2.13 bits per heavy atom. The van der Waals surface area contributed by atoms with Crippen LogP contribution in [-0.4, -0.2) is 35.0 Å². The molecule has 124 valence electrons. The van der Waals surface area contributed by atoms with Gasteiger partial charge in [-0.25, -0.2) is 0 Å². The number of carbonyl (C=O) groups is 1. The summed E-state index contributed by atoms with van der Waals surface area (Å²) in [6.07, 6.45) is -3.90. The van der Waals surface area contributed by atoms with Crippen LogP contribution in [0.2, 0.25) is 0 Å². The second kappa shape index (κ2) is 6.29. The highest BCUT2D eigenvalue weighted by atomic mass is 19.4. The predicted molar refractivity (Wildman–Crippen MR) is 75.3 cm³/mol. The number of halogens is 3. The largest absolute Gasteiger partial charge is 0.573 e. The molecule has 1 aromatic heterocycles. The summed E-state index contributed by atoms with van der Waals surface area (Å²) in [6.45, 7) is 1.21. The lowest BCUT2D eigenvalue weighted by Crippen LogP contribution is -2.37. The highest BCUT2D eigenvalue weighted by molar-refractivity contribution is 5.98. The first-order valence-electron chi connectivity index (χ1n) is 6.55. The van der Waals surface area contributed by atoms with Crippen LogP contribution in [0.4, 0.5) is 13.2 Å². The lowest BCUT2D eigenvalue weighted by Gasteiger charge is -2.13. The SMILES string of the molecule is CC(CO)NC(=O)c1c[nH]c2c(OC(F)(F)F)cccc2c1=O. The number of aliphatic hydroxyl groups is 1. The minimum atomic E-state index is -4.90. The average Bonchev–Trinajstić information content (AvgIpc) is 2.46. The van der Waals surface area contributed by atoms with Gasteiger partial charge in [-0.1, -0.05) is 6.07 Å². The molecule has 9 heteroatoms. The summed E-state index contributed by atoms with van der Waals surface area (Å²) < 4.78 is 40.9. The van der Waals surface area contributed by atoms with E-state index in [2.05, 4.69) is 15.0 Å². The molecule has 0 fully saturated rings. The number of rotatable bonds is 4. The molecule has 0 radical (unpaired) electrons. The maximum absolute atomic E-state index is 12.4. The van der Waals surface area contributed by atoms with Crippen LogP contribution < -0.4 is 15.5 Å². The van der Waals surface area contributed by atoms with E-state index in [-0.39, 0.29) is 23.1 Å². The van der Waals surface area contributed by atoms with Gasteiger partial charge in [-0.2, -0.15) is 0 Å². The van der Waals surface area contributed by atoms with Gasteiger partial charge in [0, 0.05) is 12.2 Å². The number of aliphatic hydroxyl groups excluding tert-OH is 1. The Labute approximate surface area is 127 Å². The monoisotopic (exact) mass is 330 g/mol. The minimum Gasteiger partial charge on any atom is -0.404 e. The number of carbonyl (C=O) groups excluding carboxylic acids is 1. The van der Waals surface area contributed by atoms with Gasteiger partial charge in [0.25, 0.3) is 5.91 Å². The zero-order valence-electron chi connectivity index (χ0n) is 11.9. The van der Waals surface area contributed by atoms with Crippen molar-refractivity contribution in [2.24, 2.45) is 0 Å². The number of benzene rings is 1. The predicted octanol–water partition coefficient (Wildman–Crippen LogP) is 1.54. The van der Waals surface area contributed by atoms with Crippen LogP contribution in [-0.2, 0) is 0 Å². The first-order chi connectivity index (χ1) is 10.7. The van der Waals surface area contributed by atoms with Crippen molar-refractivity contribution in [1.29, 1.82) is 0 Å². The van der Waals surface area contributed by atoms with Gasteiger partial charge in [-0.3, -0.25) is 9.59 Å². The molecule has 0 saturated carbocycles. The second-order valence-corrected chi connectivity index (χ2v) is 4.82. The third-order valence-corrected chi connectivity index (χ3v) is 3.00. The maximum atomic E-state index is 12.4. The molecule has 3 N–H and O–H groups in total. The highest BCUT2D eigenvalue weighted by Gasteiger charge is 2.32. The van der Waals surface area contributed by atoms with Crippen LogP contribution in [0.3, 0.4) is 0 Å². The van der Waals surface area contributed by atoms with E-state index in [1.54, 1.807) is 0 Å². The van der Waals surface area contributed by atoms with Crippen molar-refractivity contribution in [2.45, 2.75) is 19.3 Å². The summed E-state index contributed by atoms with van der Waals surface area (Å²) in [5, 5.41) is 11.2. The van der Waals surface area contributed by atoms with Crippen molar-refractivity contribution in [3.05, 3.63) is 40.2 Å². The summed E-state index contributed by atoms with van der Waals surface area (Å²) >= 11 is 0. The van der Waals surface area contributed by atoms with Gasteiger partial charge < -0.3 is 20.1 Å². The Morgan fingerprint density at radius 1 is 1.43 bits per heavy atom. The van der Waals surface area contributed by atoms with Crippen molar-refractivity contribution < 1.29 is 27.8 Å². The number of pyridine rings is 1. The van der Waals surface area contributed by atoms with Crippen molar-refractivity contribution >= 4 is 16.8 Å². The highest BCUT2D eigenvalue weighted by Crippen LogP contribution is 2.27.